The highest BCUT2D eigenvalue weighted by Crippen LogP contribution is 2.36. The van der Waals surface area contributed by atoms with E-state index in [2.05, 4.69) is 0 Å². The van der Waals surface area contributed by atoms with Gasteiger partial charge >= 0.3 is 0 Å². The number of nitrogens with two attached hydrogens (primary N) is 1. The topological polar surface area (TPSA) is 72.6 Å². The zero-order chi connectivity index (χ0) is 21.7. The third-order valence-electron chi connectivity index (χ3n) is 6.44. The number of ether oxygens (including phenoxy) is 1. The molecule has 1 atom stereocenters. The lowest BCUT2D eigenvalue weighted by molar-refractivity contribution is -0.135. The molecule has 0 saturated carbocycles. The van der Waals surface area contributed by atoms with Crippen molar-refractivity contribution in [3.05, 3.63) is 54.1 Å². The van der Waals surface area contributed by atoms with Gasteiger partial charge in [-0.3, -0.25) is 9.59 Å². The molecular formula is C25H32N2O3. The fourth-order valence-corrected chi connectivity index (χ4v) is 4.47. The van der Waals surface area contributed by atoms with E-state index in [-0.39, 0.29) is 17.7 Å². The second-order valence-corrected chi connectivity index (χ2v) is 8.24. The van der Waals surface area contributed by atoms with Crippen molar-refractivity contribution >= 4 is 11.8 Å². The predicted octanol–water partition coefficient (Wildman–Crippen LogP) is 4.04. The van der Waals surface area contributed by atoms with E-state index < -0.39 is 5.41 Å². The number of nitrogens with zero attached hydrogens (tertiary/aromatic N) is 1. The van der Waals surface area contributed by atoms with Crippen LogP contribution in [0.1, 0.15) is 38.7 Å². The largest absolute Gasteiger partial charge is 0.496 e. The number of likely N-dealkylation sites (tertiary alicyclic amines) is 1. The Labute approximate surface area is 179 Å². The quantitative estimate of drug-likeness (QED) is 0.716. The third-order valence-corrected chi connectivity index (χ3v) is 6.44. The molecule has 1 aliphatic heterocycles. The Morgan fingerprint density at radius 2 is 1.77 bits per heavy atom. The molecule has 5 nitrogen and oxygen atoms in total. The maximum atomic E-state index is 12.8. The van der Waals surface area contributed by atoms with Crippen LogP contribution < -0.4 is 10.5 Å². The van der Waals surface area contributed by atoms with Crippen LogP contribution in [0.2, 0.25) is 0 Å². The molecule has 0 aliphatic carbocycles. The molecule has 3 rings (SSSR count). The minimum atomic E-state index is -0.701. The number of rotatable bonds is 8. The van der Waals surface area contributed by atoms with E-state index in [1.165, 1.54) is 0 Å². The number of hydrogen-bond acceptors (Lipinski definition) is 3. The van der Waals surface area contributed by atoms with Gasteiger partial charge in [-0.05, 0) is 42.9 Å². The summed E-state index contributed by atoms with van der Waals surface area (Å²) in [6, 6.07) is 16.1. The highest BCUT2D eigenvalue weighted by molar-refractivity contribution is 5.85. The van der Waals surface area contributed by atoms with Crippen LogP contribution in [0.15, 0.2) is 48.5 Å². The zero-order valence-corrected chi connectivity index (χ0v) is 18.2. The number of carbonyl (C=O) groups excluding carboxylic acids is 2. The molecule has 0 unspecified atom stereocenters. The van der Waals surface area contributed by atoms with E-state index in [1.54, 1.807) is 7.11 Å². The normalized spacial score (nSPS) is 18.6. The molecule has 2 aromatic carbocycles. The standard InChI is InChI=1S/C25H32N2O3/c1-4-19(5-2)23(28)27-15-14-25(17-27,24(26)29)16-18-10-12-20(13-11-18)21-8-6-7-9-22(21)30-3/h6-13,19H,4-5,14-17H2,1-3H3,(H2,26,29)/t25-/m1/s1. The van der Waals surface area contributed by atoms with Gasteiger partial charge in [0.2, 0.25) is 11.8 Å². The SMILES string of the molecule is CCC(CC)C(=O)N1CC[C@](Cc2ccc(-c3ccccc3OC)cc2)(C(N)=O)C1. The Kier molecular flexibility index (Phi) is 6.80. The van der Waals surface area contributed by atoms with Gasteiger partial charge in [-0.2, -0.15) is 0 Å². The summed E-state index contributed by atoms with van der Waals surface area (Å²) in [5.74, 6) is 0.671. The summed E-state index contributed by atoms with van der Waals surface area (Å²) in [5, 5.41) is 0. The number of hydrogen-bond donors (Lipinski definition) is 1. The van der Waals surface area contributed by atoms with E-state index in [0.717, 1.165) is 35.3 Å². The lowest BCUT2D eigenvalue weighted by Gasteiger charge is -2.27. The fourth-order valence-electron chi connectivity index (χ4n) is 4.47. The van der Waals surface area contributed by atoms with Crippen LogP contribution in [0, 0.1) is 11.3 Å². The average Bonchev–Trinajstić information content (AvgIpc) is 3.20. The van der Waals surface area contributed by atoms with Crippen LogP contribution in [0.3, 0.4) is 0 Å². The van der Waals surface area contributed by atoms with Crippen molar-refractivity contribution in [1.29, 1.82) is 0 Å². The van der Waals surface area contributed by atoms with Gasteiger partial charge in [0.1, 0.15) is 5.75 Å². The van der Waals surface area contributed by atoms with Crippen LogP contribution in [0.5, 0.6) is 5.75 Å². The van der Waals surface area contributed by atoms with Gasteiger partial charge in [0.05, 0.1) is 12.5 Å². The number of carbonyl (C=O) groups is 2. The fraction of sp³-hybridized carbons (Fsp3) is 0.440. The second-order valence-electron chi connectivity index (χ2n) is 8.24. The van der Waals surface area contributed by atoms with Gasteiger partial charge in [0.15, 0.2) is 0 Å². The Hall–Kier alpha value is -2.82. The van der Waals surface area contributed by atoms with Crippen molar-refractivity contribution in [3.8, 4) is 16.9 Å². The van der Waals surface area contributed by atoms with Crippen molar-refractivity contribution in [2.75, 3.05) is 20.2 Å². The molecule has 1 aliphatic rings. The molecule has 2 N–H and O–H groups in total. The number of methoxy groups -OCH3 is 1. The number of benzene rings is 2. The Morgan fingerprint density at radius 3 is 2.37 bits per heavy atom. The molecule has 0 radical (unpaired) electrons. The van der Waals surface area contributed by atoms with Crippen LogP contribution in [-0.4, -0.2) is 36.9 Å². The molecule has 1 heterocycles. The summed E-state index contributed by atoms with van der Waals surface area (Å²) < 4.78 is 5.46. The molecule has 5 heteroatoms. The molecule has 1 saturated heterocycles. The maximum Gasteiger partial charge on any atom is 0.225 e. The van der Waals surface area contributed by atoms with Gasteiger partial charge in [-0.15, -0.1) is 0 Å². The second kappa shape index (κ2) is 9.33. The molecule has 0 bridgehead atoms. The average molecular weight is 409 g/mol. The first-order valence-corrected chi connectivity index (χ1v) is 10.7. The molecule has 1 fully saturated rings. The van der Waals surface area contributed by atoms with Crippen LogP contribution in [-0.2, 0) is 16.0 Å². The Balaban J connectivity index is 1.78. The third kappa shape index (κ3) is 4.35. The smallest absolute Gasteiger partial charge is 0.225 e. The summed E-state index contributed by atoms with van der Waals surface area (Å²) in [4.78, 5) is 27.1. The van der Waals surface area contributed by atoms with Gasteiger partial charge < -0.3 is 15.4 Å². The van der Waals surface area contributed by atoms with Crippen molar-refractivity contribution in [1.82, 2.24) is 4.90 Å². The molecule has 2 aromatic rings. The van der Waals surface area contributed by atoms with Gasteiger partial charge in [-0.25, -0.2) is 0 Å². The van der Waals surface area contributed by atoms with E-state index in [9.17, 15) is 9.59 Å². The highest BCUT2D eigenvalue weighted by Gasteiger charge is 2.45. The van der Waals surface area contributed by atoms with Gasteiger partial charge in [-0.1, -0.05) is 56.3 Å². The molecule has 0 aromatic heterocycles. The predicted molar refractivity (Wildman–Crippen MR) is 119 cm³/mol. The monoisotopic (exact) mass is 408 g/mol. The van der Waals surface area contributed by atoms with Crippen LogP contribution >= 0.6 is 0 Å². The minimum absolute atomic E-state index is 0.0220. The van der Waals surface area contributed by atoms with Gasteiger partial charge in [0, 0.05) is 24.6 Å². The molecule has 2 amide bonds. The van der Waals surface area contributed by atoms with Gasteiger partial charge in [0.25, 0.3) is 0 Å². The van der Waals surface area contributed by atoms with Crippen molar-refractivity contribution in [3.63, 3.8) is 0 Å². The summed E-state index contributed by atoms with van der Waals surface area (Å²) in [6.07, 6.45) is 2.79. The first-order valence-electron chi connectivity index (χ1n) is 10.7. The lowest BCUT2D eigenvalue weighted by Crippen LogP contribution is -2.43. The number of para-hydroxylation sites is 1. The van der Waals surface area contributed by atoms with E-state index in [4.69, 9.17) is 10.5 Å². The number of primary amides is 1. The Morgan fingerprint density at radius 1 is 1.10 bits per heavy atom. The first-order chi connectivity index (χ1) is 14.4. The summed E-state index contributed by atoms with van der Waals surface area (Å²) >= 11 is 0. The van der Waals surface area contributed by atoms with Crippen LogP contribution in [0.25, 0.3) is 11.1 Å². The summed E-state index contributed by atoms with van der Waals surface area (Å²) in [6.45, 7) is 5.07. The lowest BCUT2D eigenvalue weighted by atomic mass is 9.80. The summed E-state index contributed by atoms with van der Waals surface area (Å²) in [5.41, 5.74) is 8.28. The molecule has 160 valence electrons. The highest BCUT2D eigenvalue weighted by atomic mass is 16.5. The summed E-state index contributed by atoms with van der Waals surface area (Å²) in [7, 11) is 1.67. The van der Waals surface area contributed by atoms with Crippen molar-refractivity contribution < 1.29 is 14.3 Å². The van der Waals surface area contributed by atoms with Crippen molar-refractivity contribution in [2.24, 2.45) is 17.1 Å². The minimum Gasteiger partial charge on any atom is -0.496 e. The number of amides is 2. The van der Waals surface area contributed by atoms with E-state index in [0.29, 0.717) is 25.9 Å². The van der Waals surface area contributed by atoms with E-state index in [1.807, 2.05) is 67.3 Å². The van der Waals surface area contributed by atoms with Crippen LogP contribution in [0.4, 0.5) is 0 Å². The molecule has 30 heavy (non-hydrogen) atoms. The first kappa shape index (κ1) is 21.9. The zero-order valence-electron chi connectivity index (χ0n) is 18.2. The maximum absolute atomic E-state index is 12.8. The van der Waals surface area contributed by atoms with E-state index >= 15 is 0 Å². The molecule has 0 spiro atoms. The Bertz CT molecular complexity index is 890. The molecular weight excluding hydrogens is 376 g/mol. The van der Waals surface area contributed by atoms with Crippen molar-refractivity contribution in [2.45, 2.75) is 39.5 Å².